The molecule has 0 atom stereocenters. The fraction of sp³-hybridized carbons (Fsp3) is 0. The Morgan fingerprint density at radius 3 is 1.91 bits per heavy atom. The molecule has 0 saturated heterocycles. The van der Waals surface area contributed by atoms with Crippen LogP contribution in [0.4, 0.5) is 5.69 Å². The monoisotopic (exact) mass is 417 g/mol. The second kappa shape index (κ2) is 8.32. The third kappa shape index (κ3) is 3.79. The fourth-order valence-electron chi connectivity index (χ4n) is 3.85. The lowest BCUT2D eigenvalue weighted by molar-refractivity contribution is -0.136. The highest BCUT2D eigenvalue weighted by molar-refractivity contribution is 6.39. The molecule has 5 nitrogen and oxygen atoms in total. The summed E-state index contributed by atoms with van der Waals surface area (Å²) in [5, 5.41) is 12.9. The minimum absolute atomic E-state index is 0.549. The number of amides is 2. The van der Waals surface area contributed by atoms with E-state index in [9.17, 15) is 9.59 Å². The molecule has 2 N–H and O–H groups in total. The maximum Gasteiger partial charge on any atom is 0.329 e. The summed E-state index contributed by atoms with van der Waals surface area (Å²) >= 11 is 0. The third-order valence-corrected chi connectivity index (χ3v) is 5.39. The molecule has 0 bridgehead atoms. The lowest BCUT2D eigenvalue weighted by Crippen LogP contribution is -2.32. The van der Waals surface area contributed by atoms with Crippen molar-refractivity contribution in [3.8, 4) is 0 Å². The molecule has 0 aromatic heterocycles. The van der Waals surface area contributed by atoms with Crippen molar-refractivity contribution in [2.75, 3.05) is 5.32 Å². The second-order valence-corrected chi connectivity index (χ2v) is 7.45. The first-order chi connectivity index (χ1) is 15.7. The molecule has 154 valence electrons. The van der Waals surface area contributed by atoms with Crippen molar-refractivity contribution in [3.63, 3.8) is 0 Å². The summed E-state index contributed by atoms with van der Waals surface area (Å²) in [6.07, 6.45) is 1.59. The van der Waals surface area contributed by atoms with E-state index in [4.69, 9.17) is 0 Å². The van der Waals surface area contributed by atoms with Crippen molar-refractivity contribution >= 4 is 56.0 Å². The molecule has 5 rings (SSSR count). The molecule has 5 aromatic carbocycles. The van der Waals surface area contributed by atoms with Gasteiger partial charge in [-0.1, -0.05) is 78.9 Å². The summed E-state index contributed by atoms with van der Waals surface area (Å²) in [6, 6.07) is 31.4. The van der Waals surface area contributed by atoms with Crippen LogP contribution in [-0.2, 0) is 9.59 Å². The summed E-state index contributed by atoms with van der Waals surface area (Å²) in [6.45, 7) is 0. The van der Waals surface area contributed by atoms with E-state index in [0.29, 0.717) is 5.69 Å². The van der Waals surface area contributed by atoms with Gasteiger partial charge in [0.1, 0.15) is 0 Å². The number of nitrogens with one attached hydrogen (secondary N) is 2. The number of hydrogen-bond acceptors (Lipinski definition) is 3. The second-order valence-electron chi connectivity index (χ2n) is 7.45. The summed E-state index contributed by atoms with van der Waals surface area (Å²) in [7, 11) is 0. The van der Waals surface area contributed by atoms with Gasteiger partial charge in [0.25, 0.3) is 0 Å². The Morgan fingerprint density at radius 2 is 1.22 bits per heavy atom. The molecular weight excluding hydrogens is 398 g/mol. The lowest BCUT2D eigenvalue weighted by atomic mass is 9.97. The minimum Gasteiger partial charge on any atom is -0.318 e. The maximum atomic E-state index is 12.3. The van der Waals surface area contributed by atoms with Crippen LogP contribution in [0.15, 0.2) is 102 Å². The molecule has 0 saturated carbocycles. The van der Waals surface area contributed by atoms with Crippen molar-refractivity contribution < 1.29 is 9.59 Å². The molecule has 0 fully saturated rings. The number of anilines is 1. The van der Waals surface area contributed by atoms with Crippen LogP contribution in [0.5, 0.6) is 0 Å². The van der Waals surface area contributed by atoms with Crippen molar-refractivity contribution in [2.45, 2.75) is 0 Å². The number of hydrogen-bond donors (Lipinski definition) is 2. The highest BCUT2D eigenvalue weighted by atomic mass is 16.2. The first-order valence-corrected chi connectivity index (χ1v) is 10.2. The maximum absolute atomic E-state index is 12.3. The topological polar surface area (TPSA) is 70.6 Å². The van der Waals surface area contributed by atoms with Crippen molar-refractivity contribution in [1.29, 1.82) is 0 Å². The number of carbonyl (C=O) groups is 2. The van der Waals surface area contributed by atoms with Crippen LogP contribution < -0.4 is 10.7 Å². The number of nitrogens with zero attached hydrogens (tertiary/aromatic N) is 1. The van der Waals surface area contributed by atoms with Crippen molar-refractivity contribution in [2.24, 2.45) is 5.10 Å². The highest BCUT2D eigenvalue weighted by Gasteiger charge is 2.13. The van der Waals surface area contributed by atoms with E-state index in [2.05, 4.69) is 21.9 Å². The van der Waals surface area contributed by atoms with Crippen LogP contribution in [0.3, 0.4) is 0 Å². The largest absolute Gasteiger partial charge is 0.329 e. The molecule has 0 unspecified atom stereocenters. The molecule has 2 amide bonds. The molecule has 0 aliphatic heterocycles. The predicted molar refractivity (Wildman–Crippen MR) is 130 cm³/mol. The normalized spacial score (nSPS) is 11.2. The Balaban J connectivity index is 1.35. The molecule has 0 spiro atoms. The van der Waals surface area contributed by atoms with E-state index in [1.165, 1.54) is 0 Å². The smallest absolute Gasteiger partial charge is 0.318 e. The minimum atomic E-state index is -0.834. The van der Waals surface area contributed by atoms with E-state index in [1.807, 2.05) is 84.9 Å². The first kappa shape index (κ1) is 19.5. The zero-order chi connectivity index (χ0) is 21.9. The molecular formula is C27H19N3O2. The molecule has 0 aliphatic carbocycles. The quantitative estimate of drug-likeness (QED) is 0.183. The fourth-order valence-corrected chi connectivity index (χ4v) is 3.85. The lowest BCUT2D eigenvalue weighted by Gasteiger charge is -2.08. The molecule has 32 heavy (non-hydrogen) atoms. The SMILES string of the molecule is O=C(N/N=C/c1c2ccccc2cc2ccccc12)C(=O)Nc1ccc2ccccc2c1. The molecule has 0 radical (unpaired) electrons. The van der Waals surface area contributed by atoms with Gasteiger partial charge in [0, 0.05) is 11.3 Å². The van der Waals surface area contributed by atoms with E-state index in [-0.39, 0.29) is 0 Å². The Labute approximate surface area is 184 Å². The van der Waals surface area contributed by atoms with Gasteiger partial charge >= 0.3 is 11.8 Å². The van der Waals surface area contributed by atoms with Crippen LogP contribution in [0, 0.1) is 0 Å². The van der Waals surface area contributed by atoms with Crippen LogP contribution in [-0.4, -0.2) is 18.0 Å². The number of rotatable bonds is 3. The third-order valence-electron chi connectivity index (χ3n) is 5.39. The van der Waals surface area contributed by atoms with Gasteiger partial charge in [-0.05, 0) is 50.5 Å². The molecule has 5 heteroatoms. The Morgan fingerprint density at radius 1 is 0.625 bits per heavy atom. The van der Waals surface area contributed by atoms with Crippen LogP contribution in [0.1, 0.15) is 5.56 Å². The van der Waals surface area contributed by atoms with Crippen molar-refractivity contribution in [1.82, 2.24) is 5.43 Å². The van der Waals surface area contributed by atoms with Crippen LogP contribution in [0.25, 0.3) is 32.3 Å². The average molecular weight is 417 g/mol. The van der Waals surface area contributed by atoms with Gasteiger partial charge in [-0.3, -0.25) is 9.59 Å². The van der Waals surface area contributed by atoms with Crippen LogP contribution >= 0.6 is 0 Å². The van der Waals surface area contributed by atoms with E-state index in [1.54, 1.807) is 12.3 Å². The number of fused-ring (bicyclic) bond motifs is 3. The van der Waals surface area contributed by atoms with Gasteiger partial charge in [-0.15, -0.1) is 0 Å². The standard InChI is InChI=1S/C27H19N3O2/c31-26(29-22-14-13-18-7-1-2-8-19(18)16-22)27(32)30-28-17-25-23-11-5-3-9-20(23)15-21-10-4-6-12-24(21)25/h1-17H,(H,29,31)(H,30,32)/b28-17+. The van der Waals surface area contributed by atoms with Gasteiger partial charge in [-0.25, -0.2) is 5.43 Å². The van der Waals surface area contributed by atoms with E-state index in [0.717, 1.165) is 37.9 Å². The Bertz CT molecular complexity index is 1470. The first-order valence-electron chi connectivity index (χ1n) is 10.2. The van der Waals surface area contributed by atoms with Gasteiger partial charge in [0.2, 0.25) is 0 Å². The van der Waals surface area contributed by atoms with E-state index < -0.39 is 11.8 Å². The summed E-state index contributed by atoms with van der Waals surface area (Å²) in [5.41, 5.74) is 3.77. The zero-order valence-electron chi connectivity index (χ0n) is 17.1. The number of carbonyl (C=O) groups excluding carboxylic acids is 2. The van der Waals surface area contributed by atoms with E-state index >= 15 is 0 Å². The molecule has 0 heterocycles. The Hall–Kier alpha value is -4.51. The van der Waals surface area contributed by atoms with Gasteiger partial charge in [0.05, 0.1) is 6.21 Å². The number of benzene rings is 5. The van der Waals surface area contributed by atoms with Gasteiger partial charge in [0.15, 0.2) is 0 Å². The predicted octanol–water partition coefficient (Wildman–Crippen LogP) is 5.24. The highest BCUT2D eigenvalue weighted by Crippen LogP contribution is 2.27. The van der Waals surface area contributed by atoms with Gasteiger partial charge in [-0.2, -0.15) is 5.10 Å². The van der Waals surface area contributed by atoms with Crippen molar-refractivity contribution in [3.05, 3.63) is 103 Å². The molecule has 5 aromatic rings. The van der Waals surface area contributed by atoms with Gasteiger partial charge < -0.3 is 5.32 Å². The summed E-state index contributed by atoms with van der Waals surface area (Å²) in [4.78, 5) is 24.6. The average Bonchev–Trinajstić information content (AvgIpc) is 2.83. The molecule has 0 aliphatic rings. The number of hydrazone groups is 1. The zero-order valence-corrected chi connectivity index (χ0v) is 17.1. The summed E-state index contributed by atoms with van der Waals surface area (Å²) in [5.74, 6) is -1.61. The Kier molecular flexibility index (Phi) is 5.06. The summed E-state index contributed by atoms with van der Waals surface area (Å²) < 4.78 is 0. The van der Waals surface area contributed by atoms with Crippen LogP contribution in [0.2, 0.25) is 0 Å².